The molecule has 8 heteroatoms. The number of oxazole rings is 1. The van der Waals surface area contributed by atoms with Gasteiger partial charge in [0.1, 0.15) is 5.69 Å². The molecule has 0 saturated carbocycles. The number of carbonyl (C=O) groups is 2. The van der Waals surface area contributed by atoms with Crippen molar-refractivity contribution in [3.63, 3.8) is 0 Å². The van der Waals surface area contributed by atoms with E-state index in [-0.39, 0.29) is 11.3 Å². The summed E-state index contributed by atoms with van der Waals surface area (Å²) in [6, 6.07) is 9.31. The van der Waals surface area contributed by atoms with Gasteiger partial charge in [0, 0.05) is 18.5 Å². The summed E-state index contributed by atoms with van der Waals surface area (Å²) in [4.78, 5) is 33.7. The minimum atomic E-state index is -1.27. The fourth-order valence-electron chi connectivity index (χ4n) is 4.05. The second-order valence-corrected chi connectivity index (χ2v) is 10.4. The van der Waals surface area contributed by atoms with Crippen LogP contribution in [0.2, 0.25) is 0 Å². The highest BCUT2D eigenvalue weighted by Gasteiger charge is 2.44. The molecule has 1 saturated heterocycles. The number of ether oxygens (including phenoxy) is 3. The molecule has 1 aromatic carbocycles. The third-order valence-corrected chi connectivity index (χ3v) is 5.60. The van der Waals surface area contributed by atoms with Gasteiger partial charge in [0.15, 0.2) is 5.92 Å². The average molecular weight is 487 g/mol. The molecular weight excluding hydrogens is 448 g/mol. The van der Waals surface area contributed by atoms with Crippen LogP contribution in [0.4, 0.5) is 5.88 Å². The van der Waals surface area contributed by atoms with E-state index in [1.54, 1.807) is 27.7 Å². The highest BCUT2D eigenvalue weighted by molar-refractivity contribution is 5.96. The van der Waals surface area contributed by atoms with E-state index in [2.05, 4.69) is 25.7 Å². The Kier molecular flexibility index (Phi) is 8.59. The van der Waals surface area contributed by atoms with Crippen molar-refractivity contribution < 1.29 is 28.2 Å². The van der Waals surface area contributed by atoms with Crippen LogP contribution in [0, 0.1) is 5.92 Å². The van der Waals surface area contributed by atoms with Crippen LogP contribution in [0.1, 0.15) is 71.5 Å². The molecule has 2 aromatic rings. The van der Waals surface area contributed by atoms with E-state index in [4.69, 9.17) is 23.6 Å². The lowest BCUT2D eigenvalue weighted by molar-refractivity contribution is -0.167. The van der Waals surface area contributed by atoms with Gasteiger partial charge in [-0.1, -0.05) is 51.1 Å². The monoisotopic (exact) mass is 486 g/mol. The summed E-state index contributed by atoms with van der Waals surface area (Å²) in [5, 5.41) is 0. The van der Waals surface area contributed by atoms with Gasteiger partial charge >= 0.3 is 11.9 Å². The second-order valence-electron chi connectivity index (χ2n) is 10.4. The highest BCUT2D eigenvalue weighted by atomic mass is 16.6. The normalized spacial score (nSPS) is 15.5. The predicted octanol–water partition coefficient (Wildman–Crippen LogP) is 4.46. The van der Waals surface area contributed by atoms with Crippen molar-refractivity contribution in [1.82, 2.24) is 4.98 Å². The first-order chi connectivity index (χ1) is 16.5. The predicted molar refractivity (Wildman–Crippen MR) is 132 cm³/mol. The first kappa shape index (κ1) is 26.7. The molecule has 1 fully saturated rings. The van der Waals surface area contributed by atoms with Gasteiger partial charge in [-0.3, -0.25) is 9.59 Å². The fraction of sp³-hybridized carbons (Fsp3) is 0.593. The van der Waals surface area contributed by atoms with Crippen molar-refractivity contribution >= 4 is 17.8 Å². The molecule has 1 unspecified atom stereocenters. The van der Waals surface area contributed by atoms with Crippen LogP contribution in [0.5, 0.6) is 0 Å². The van der Waals surface area contributed by atoms with Crippen molar-refractivity contribution in [2.45, 2.75) is 72.0 Å². The van der Waals surface area contributed by atoms with Crippen LogP contribution in [-0.2, 0) is 29.2 Å². The SMILES string of the molecule is CC(C)OC(=O)C(C(=O)OC(C)C)C(c1ccccc1)c1nc(C(C)(C)C)c(N2CCOCC2)o1. The van der Waals surface area contributed by atoms with Crippen LogP contribution in [0.15, 0.2) is 34.7 Å². The number of anilines is 1. The molecule has 8 nitrogen and oxygen atoms in total. The second kappa shape index (κ2) is 11.2. The molecule has 1 aliphatic rings. The molecule has 35 heavy (non-hydrogen) atoms. The molecule has 192 valence electrons. The molecule has 1 atom stereocenters. The first-order valence-corrected chi connectivity index (χ1v) is 12.3. The highest BCUT2D eigenvalue weighted by Crippen LogP contribution is 2.40. The van der Waals surface area contributed by atoms with Crippen LogP contribution in [0.25, 0.3) is 0 Å². The van der Waals surface area contributed by atoms with Crippen molar-refractivity contribution in [3.8, 4) is 0 Å². The van der Waals surface area contributed by atoms with Crippen molar-refractivity contribution in [2.24, 2.45) is 5.92 Å². The maximum atomic E-state index is 13.3. The lowest BCUT2D eigenvalue weighted by atomic mass is 9.85. The van der Waals surface area contributed by atoms with Gasteiger partial charge in [-0.15, -0.1) is 0 Å². The van der Waals surface area contributed by atoms with Gasteiger partial charge in [-0.25, -0.2) is 4.98 Å². The Morgan fingerprint density at radius 1 is 0.943 bits per heavy atom. The third-order valence-electron chi connectivity index (χ3n) is 5.60. The van der Waals surface area contributed by atoms with Crippen molar-refractivity contribution in [3.05, 3.63) is 47.5 Å². The zero-order chi connectivity index (χ0) is 25.8. The maximum absolute atomic E-state index is 13.3. The maximum Gasteiger partial charge on any atom is 0.321 e. The molecule has 0 radical (unpaired) electrons. The number of nitrogens with zero attached hydrogens (tertiary/aromatic N) is 2. The summed E-state index contributed by atoms with van der Waals surface area (Å²) < 4.78 is 23.0. The molecule has 0 aliphatic carbocycles. The molecule has 0 N–H and O–H groups in total. The Hall–Kier alpha value is -2.87. The number of rotatable bonds is 8. The van der Waals surface area contributed by atoms with Crippen LogP contribution >= 0.6 is 0 Å². The Labute approximate surface area is 207 Å². The smallest absolute Gasteiger partial charge is 0.321 e. The molecule has 2 heterocycles. The summed E-state index contributed by atoms with van der Waals surface area (Å²) in [6.45, 7) is 15.7. The van der Waals surface area contributed by atoms with E-state index in [1.807, 2.05) is 30.3 Å². The van der Waals surface area contributed by atoms with Gasteiger partial charge < -0.3 is 23.5 Å². The third kappa shape index (κ3) is 6.63. The number of esters is 2. The molecule has 1 aromatic heterocycles. The quantitative estimate of drug-likeness (QED) is 0.399. The minimum Gasteiger partial charge on any atom is -0.462 e. The van der Waals surface area contributed by atoms with Gasteiger partial charge in [0.05, 0.1) is 31.3 Å². The number of carbonyl (C=O) groups excluding carboxylic acids is 2. The number of hydrogen-bond acceptors (Lipinski definition) is 8. The molecule has 1 aliphatic heterocycles. The topological polar surface area (TPSA) is 91.1 Å². The molecule has 0 spiro atoms. The summed E-state index contributed by atoms with van der Waals surface area (Å²) in [7, 11) is 0. The van der Waals surface area contributed by atoms with E-state index >= 15 is 0 Å². The Morgan fingerprint density at radius 2 is 1.49 bits per heavy atom. The number of hydrogen-bond donors (Lipinski definition) is 0. The van der Waals surface area contributed by atoms with E-state index in [9.17, 15) is 9.59 Å². The van der Waals surface area contributed by atoms with E-state index < -0.39 is 36.0 Å². The van der Waals surface area contributed by atoms with Gasteiger partial charge in [0.2, 0.25) is 11.8 Å². The fourth-order valence-corrected chi connectivity index (χ4v) is 4.05. The summed E-state index contributed by atoms with van der Waals surface area (Å²) in [5.74, 6) is -2.49. The first-order valence-electron chi connectivity index (χ1n) is 12.3. The molecular formula is C27H38N2O6. The van der Waals surface area contributed by atoms with E-state index in [1.165, 1.54) is 0 Å². The Morgan fingerprint density at radius 3 is 1.97 bits per heavy atom. The number of aromatic nitrogens is 1. The zero-order valence-corrected chi connectivity index (χ0v) is 21.9. The van der Waals surface area contributed by atoms with Crippen LogP contribution in [-0.4, -0.2) is 55.4 Å². The molecule has 0 bridgehead atoms. The Bertz CT molecular complexity index is 965. The van der Waals surface area contributed by atoms with Gasteiger partial charge in [-0.2, -0.15) is 0 Å². The van der Waals surface area contributed by atoms with Crippen LogP contribution < -0.4 is 4.90 Å². The zero-order valence-electron chi connectivity index (χ0n) is 21.9. The van der Waals surface area contributed by atoms with Gasteiger partial charge in [0.25, 0.3) is 0 Å². The minimum absolute atomic E-state index is 0.286. The van der Waals surface area contributed by atoms with Crippen LogP contribution in [0.3, 0.4) is 0 Å². The Balaban J connectivity index is 2.18. The van der Waals surface area contributed by atoms with Gasteiger partial charge in [-0.05, 0) is 33.3 Å². The lowest BCUT2D eigenvalue weighted by Gasteiger charge is -2.29. The molecule has 3 rings (SSSR count). The largest absolute Gasteiger partial charge is 0.462 e. The summed E-state index contributed by atoms with van der Waals surface area (Å²) in [6.07, 6.45) is -0.793. The summed E-state index contributed by atoms with van der Waals surface area (Å²) >= 11 is 0. The number of benzene rings is 1. The standard InChI is InChI=1S/C27H38N2O6/c1-17(2)33-25(30)21(26(31)34-18(3)4)20(19-11-9-8-10-12-19)23-28-22(27(5,6)7)24(35-23)29-13-15-32-16-14-29/h8-12,17-18,20-21H,13-16H2,1-7H3. The van der Waals surface area contributed by atoms with E-state index in [0.29, 0.717) is 37.8 Å². The lowest BCUT2D eigenvalue weighted by Crippen LogP contribution is -2.37. The van der Waals surface area contributed by atoms with Crippen molar-refractivity contribution in [2.75, 3.05) is 31.2 Å². The average Bonchev–Trinajstić information content (AvgIpc) is 3.23. The number of morpholine rings is 1. The molecule has 0 amide bonds. The van der Waals surface area contributed by atoms with E-state index in [0.717, 1.165) is 5.69 Å². The summed E-state index contributed by atoms with van der Waals surface area (Å²) in [5.41, 5.74) is 1.15. The van der Waals surface area contributed by atoms with Crippen molar-refractivity contribution in [1.29, 1.82) is 0 Å².